The van der Waals surface area contributed by atoms with Crippen LogP contribution in [0.4, 0.5) is 13.2 Å². The van der Waals surface area contributed by atoms with Crippen LogP contribution in [0.25, 0.3) is 0 Å². The number of thioether (sulfide) groups is 1. The predicted octanol–water partition coefficient (Wildman–Crippen LogP) is -0.748. The van der Waals surface area contributed by atoms with Gasteiger partial charge in [0, 0.05) is 5.25 Å². The van der Waals surface area contributed by atoms with Crippen molar-refractivity contribution in [2.45, 2.75) is 41.8 Å². The standard InChI is InChI=1S/C9H14F3NO4S/c1-3-5(13-8(17)9(10,11)12)7(16)6(15)4(2-14)18-3/h3-7,14-16H,2H2,1H3,(H,13,17). The summed E-state index contributed by atoms with van der Waals surface area (Å²) >= 11 is 1.02. The Hall–Kier alpha value is -0.510. The van der Waals surface area contributed by atoms with Crippen molar-refractivity contribution in [2.75, 3.05) is 6.61 Å². The molecule has 1 fully saturated rings. The van der Waals surface area contributed by atoms with Crippen molar-refractivity contribution >= 4 is 17.7 Å². The van der Waals surface area contributed by atoms with E-state index in [2.05, 4.69) is 0 Å². The van der Waals surface area contributed by atoms with Crippen molar-refractivity contribution in [3.05, 3.63) is 0 Å². The van der Waals surface area contributed by atoms with Crippen molar-refractivity contribution in [3.8, 4) is 0 Å². The van der Waals surface area contributed by atoms with Gasteiger partial charge in [-0.3, -0.25) is 4.79 Å². The van der Waals surface area contributed by atoms with Gasteiger partial charge in [0.15, 0.2) is 0 Å². The fourth-order valence-electron chi connectivity index (χ4n) is 1.74. The van der Waals surface area contributed by atoms with Crippen LogP contribution < -0.4 is 5.32 Å². The Balaban J connectivity index is 2.74. The molecule has 5 atom stereocenters. The fourth-order valence-corrected chi connectivity index (χ4v) is 3.10. The molecule has 0 aromatic heterocycles. The van der Waals surface area contributed by atoms with Crippen molar-refractivity contribution in [2.24, 2.45) is 0 Å². The molecule has 0 saturated carbocycles. The van der Waals surface area contributed by atoms with Crippen molar-refractivity contribution < 1.29 is 33.3 Å². The maximum atomic E-state index is 12.1. The summed E-state index contributed by atoms with van der Waals surface area (Å²) in [7, 11) is 0. The third-order valence-corrected chi connectivity index (χ3v) is 4.23. The van der Waals surface area contributed by atoms with Crippen LogP contribution in [0, 0.1) is 0 Å². The predicted molar refractivity (Wildman–Crippen MR) is 57.9 cm³/mol. The highest BCUT2D eigenvalue weighted by Crippen LogP contribution is 2.32. The number of carbonyl (C=O) groups excluding carboxylic acids is 1. The minimum absolute atomic E-state index is 0.410. The van der Waals surface area contributed by atoms with Crippen LogP contribution in [-0.4, -0.2) is 62.8 Å². The maximum Gasteiger partial charge on any atom is 0.471 e. The molecule has 18 heavy (non-hydrogen) atoms. The molecular formula is C9H14F3NO4S. The van der Waals surface area contributed by atoms with E-state index in [1.165, 1.54) is 6.92 Å². The number of nitrogens with one attached hydrogen (secondary N) is 1. The van der Waals surface area contributed by atoms with Gasteiger partial charge in [-0.05, 0) is 0 Å². The first-order valence-corrected chi connectivity index (χ1v) is 6.13. The lowest BCUT2D eigenvalue weighted by Gasteiger charge is -2.40. The van der Waals surface area contributed by atoms with E-state index in [9.17, 15) is 28.2 Å². The topological polar surface area (TPSA) is 89.8 Å². The van der Waals surface area contributed by atoms with E-state index in [1.54, 1.807) is 5.32 Å². The number of hydrogen-bond donors (Lipinski definition) is 4. The van der Waals surface area contributed by atoms with E-state index < -0.39 is 47.4 Å². The number of amides is 1. The summed E-state index contributed by atoms with van der Waals surface area (Å²) < 4.78 is 36.3. The first-order valence-electron chi connectivity index (χ1n) is 5.18. The number of rotatable bonds is 2. The lowest BCUT2D eigenvalue weighted by molar-refractivity contribution is -0.175. The molecule has 1 rings (SSSR count). The first-order chi connectivity index (χ1) is 8.18. The summed E-state index contributed by atoms with van der Waals surface area (Å²) in [6, 6.07) is -1.22. The molecule has 0 aromatic rings. The van der Waals surface area contributed by atoms with E-state index in [4.69, 9.17) is 5.11 Å². The normalized spacial score (nSPS) is 37.4. The maximum absolute atomic E-state index is 12.1. The molecule has 0 aliphatic carbocycles. The third-order valence-electron chi connectivity index (χ3n) is 2.73. The van der Waals surface area contributed by atoms with Gasteiger partial charge < -0.3 is 20.6 Å². The van der Waals surface area contributed by atoms with Gasteiger partial charge in [-0.1, -0.05) is 6.92 Å². The summed E-state index contributed by atoms with van der Waals surface area (Å²) in [5.41, 5.74) is 0. The van der Waals surface area contributed by atoms with Gasteiger partial charge in [-0.15, -0.1) is 11.8 Å². The molecule has 0 bridgehead atoms. The zero-order valence-electron chi connectivity index (χ0n) is 9.39. The van der Waals surface area contributed by atoms with Crippen molar-refractivity contribution in [1.29, 1.82) is 0 Å². The third kappa shape index (κ3) is 3.28. The van der Waals surface area contributed by atoms with Gasteiger partial charge in [0.25, 0.3) is 0 Å². The van der Waals surface area contributed by atoms with Gasteiger partial charge in [0.05, 0.1) is 24.0 Å². The molecule has 1 aliphatic rings. The minimum atomic E-state index is -5.04. The van der Waals surface area contributed by atoms with E-state index in [1.807, 2.05) is 0 Å². The van der Waals surface area contributed by atoms with Crippen LogP contribution in [-0.2, 0) is 4.79 Å². The zero-order valence-corrected chi connectivity index (χ0v) is 10.2. The molecule has 4 N–H and O–H groups in total. The molecule has 0 spiro atoms. The van der Waals surface area contributed by atoms with Gasteiger partial charge in [0.2, 0.25) is 0 Å². The summed E-state index contributed by atoms with van der Waals surface area (Å²) in [4.78, 5) is 10.8. The Kier molecular flexibility index (Phi) is 4.87. The Morgan fingerprint density at radius 1 is 1.33 bits per heavy atom. The smallest absolute Gasteiger partial charge is 0.395 e. The van der Waals surface area contributed by atoms with Crippen LogP contribution in [0.2, 0.25) is 0 Å². The molecule has 5 unspecified atom stereocenters. The van der Waals surface area contributed by atoms with Crippen LogP contribution >= 0.6 is 11.8 Å². The van der Waals surface area contributed by atoms with E-state index in [-0.39, 0.29) is 0 Å². The Labute approximate surface area is 105 Å². The Morgan fingerprint density at radius 3 is 2.33 bits per heavy atom. The number of carbonyl (C=O) groups is 1. The Bertz CT molecular complexity index is 315. The first kappa shape index (κ1) is 15.5. The molecule has 9 heteroatoms. The Morgan fingerprint density at radius 2 is 1.89 bits per heavy atom. The molecule has 1 heterocycles. The highest BCUT2D eigenvalue weighted by atomic mass is 32.2. The molecule has 0 aromatic carbocycles. The van der Waals surface area contributed by atoms with Crippen molar-refractivity contribution in [1.82, 2.24) is 5.32 Å². The molecular weight excluding hydrogens is 275 g/mol. The number of aliphatic hydroxyl groups is 3. The molecule has 106 valence electrons. The average molecular weight is 289 g/mol. The van der Waals surface area contributed by atoms with Crippen LogP contribution in [0.15, 0.2) is 0 Å². The SMILES string of the molecule is CC1SC(CO)C(O)C(O)C1NC(=O)C(F)(F)F. The summed E-state index contributed by atoms with van der Waals surface area (Å²) in [6.07, 6.45) is -7.98. The van der Waals surface area contributed by atoms with Crippen molar-refractivity contribution in [3.63, 3.8) is 0 Å². The van der Waals surface area contributed by atoms with Crippen LogP contribution in [0.1, 0.15) is 6.92 Å². The molecule has 1 saturated heterocycles. The largest absolute Gasteiger partial charge is 0.471 e. The highest BCUT2D eigenvalue weighted by molar-refractivity contribution is 8.00. The molecule has 0 radical (unpaired) electrons. The van der Waals surface area contributed by atoms with Gasteiger partial charge in [0.1, 0.15) is 6.10 Å². The summed E-state index contributed by atoms with van der Waals surface area (Å²) in [6.45, 7) is 1.09. The quantitative estimate of drug-likeness (QED) is 0.537. The highest BCUT2D eigenvalue weighted by Gasteiger charge is 2.46. The average Bonchev–Trinajstić information content (AvgIpc) is 2.27. The molecule has 1 aliphatic heterocycles. The van der Waals surface area contributed by atoms with Crippen LogP contribution in [0.5, 0.6) is 0 Å². The van der Waals surface area contributed by atoms with E-state index in [0.29, 0.717) is 0 Å². The minimum Gasteiger partial charge on any atom is -0.395 e. The zero-order chi connectivity index (χ0) is 14.1. The van der Waals surface area contributed by atoms with Gasteiger partial charge in [-0.2, -0.15) is 13.2 Å². The monoisotopic (exact) mass is 289 g/mol. The van der Waals surface area contributed by atoms with E-state index in [0.717, 1.165) is 11.8 Å². The number of aliphatic hydroxyl groups excluding tert-OH is 3. The molecule has 1 amide bonds. The molecule has 5 nitrogen and oxygen atoms in total. The lowest BCUT2D eigenvalue weighted by Crippen LogP contribution is -2.61. The number of halogens is 3. The number of alkyl halides is 3. The number of hydrogen-bond acceptors (Lipinski definition) is 5. The second-order valence-corrected chi connectivity index (χ2v) is 5.66. The summed E-state index contributed by atoms with van der Waals surface area (Å²) in [5.74, 6) is -2.16. The van der Waals surface area contributed by atoms with Gasteiger partial charge in [-0.25, -0.2) is 0 Å². The van der Waals surface area contributed by atoms with Crippen LogP contribution in [0.3, 0.4) is 0 Å². The lowest BCUT2D eigenvalue weighted by atomic mass is 9.99. The van der Waals surface area contributed by atoms with Gasteiger partial charge >= 0.3 is 12.1 Å². The second-order valence-electron chi connectivity index (χ2n) is 4.04. The second kappa shape index (κ2) is 5.64. The summed E-state index contributed by atoms with van der Waals surface area (Å²) in [5, 5.41) is 28.6. The van der Waals surface area contributed by atoms with E-state index >= 15 is 0 Å². The fraction of sp³-hybridized carbons (Fsp3) is 0.889.